The van der Waals surface area contributed by atoms with Gasteiger partial charge in [-0.05, 0) is 29.3 Å². The summed E-state index contributed by atoms with van der Waals surface area (Å²) in [5.41, 5.74) is 6.25. The minimum Gasteiger partial charge on any atom is -0.496 e. The second-order valence-electron chi connectivity index (χ2n) is 7.60. The van der Waals surface area contributed by atoms with Gasteiger partial charge in [-0.1, -0.05) is 54.6 Å². The predicted octanol–water partition coefficient (Wildman–Crippen LogP) is 5.86. The van der Waals surface area contributed by atoms with Crippen molar-refractivity contribution >= 4 is 21.8 Å². The zero-order valence-corrected chi connectivity index (χ0v) is 17.0. The minimum absolute atomic E-state index is 0.0725. The van der Waals surface area contributed by atoms with Crippen LogP contribution >= 0.6 is 0 Å². The van der Waals surface area contributed by atoms with E-state index >= 15 is 0 Å². The Morgan fingerprint density at radius 1 is 0.621 bits per heavy atom. The van der Waals surface area contributed by atoms with Crippen molar-refractivity contribution in [2.24, 2.45) is 14.1 Å². The number of rotatable bonds is 4. The van der Waals surface area contributed by atoms with Gasteiger partial charge in [-0.3, -0.25) is 0 Å². The largest absolute Gasteiger partial charge is 0.496 e. The number of hydrogen-bond donors (Lipinski definition) is 0. The van der Waals surface area contributed by atoms with E-state index < -0.39 is 0 Å². The summed E-state index contributed by atoms with van der Waals surface area (Å²) in [7, 11) is 5.99. The molecule has 29 heavy (non-hydrogen) atoms. The lowest BCUT2D eigenvalue weighted by Crippen LogP contribution is -2.05. The number of aryl methyl sites for hydroxylation is 2. The van der Waals surface area contributed by atoms with E-state index in [4.69, 9.17) is 4.74 Å². The molecule has 3 aromatic carbocycles. The SMILES string of the molecule is COc1ccccc1C(c1cn(C)c2ccccc12)c1cn(C)c2ccccc12. The lowest BCUT2D eigenvalue weighted by molar-refractivity contribution is 0.409. The zero-order chi connectivity index (χ0) is 20.0. The summed E-state index contributed by atoms with van der Waals surface area (Å²) in [4.78, 5) is 0. The first-order valence-electron chi connectivity index (χ1n) is 9.90. The van der Waals surface area contributed by atoms with Crippen LogP contribution in [0.25, 0.3) is 21.8 Å². The van der Waals surface area contributed by atoms with Gasteiger partial charge >= 0.3 is 0 Å². The van der Waals surface area contributed by atoms with Crippen molar-refractivity contribution < 1.29 is 4.74 Å². The lowest BCUT2D eigenvalue weighted by atomic mass is 9.84. The fourth-order valence-corrected chi connectivity index (χ4v) is 4.61. The normalized spacial score (nSPS) is 11.6. The highest BCUT2D eigenvalue weighted by Gasteiger charge is 2.26. The van der Waals surface area contributed by atoms with Crippen LogP contribution in [0.1, 0.15) is 22.6 Å². The van der Waals surface area contributed by atoms with Crippen molar-refractivity contribution in [3.8, 4) is 5.75 Å². The molecule has 3 heteroatoms. The Balaban J connectivity index is 1.87. The fourth-order valence-electron chi connectivity index (χ4n) is 4.61. The van der Waals surface area contributed by atoms with Gasteiger partial charge in [0, 0.05) is 59.8 Å². The predicted molar refractivity (Wildman–Crippen MR) is 120 cm³/mol. The maximum Gasteiger partial charge on any atom is 0.123 e. The molecule has 0 aliphatic heterocycles. The van der Waals surface area contributed by atoms with Crippen molar-refractivity contribution in [2.45, 2.75) is 5.92 Å². The number of fused-ring (bicyclic) bond motifs is 2. The molecular weight excluding hydrogens is 356 g/mol. The first kappa shape index (κ1) is 17.6. The lowest BCUT2D eigenvalue weighted by Gasteiger charge is -2.20. The average molecular weight is 380 g/mol. The highest BCUT2D eigenvalue weighted by molar-refractivity contribution is 5.90. The number of ether oxygens (including phenoxy) is 1. The Bertz CT molecular complexity index is 1250. The molecule has 144 valence electrons. The van der Waals surface area contributed by atoms with Crippen LogP contribution in [0.3, 0.4) is 0 Å². The topological polar surface area (TPSA) is 19.1 Å². The van der Waals surface area contributed by atoms with Crippen molar-refractivity contribution in [2.75, 3.05) is 7.11 Å². The molecule has 5 aromatic rings. The number of hydrogen-bond acceptors (Lipinski definition) is 1. The molecule has 0 atom stereocenters. The molecule has 0 fully saturated rings. The molecule has 3 nitrogen and oxygen atoms in total. The summed E-state index contributed by atoms with van der Waals surface area (Å²) in [6.45, 7) is 0. The van der Waals surface area contributed by atoms with Crippen LogP contribution < -0.4 is 4.74 Å². The Morgan fingerprint density at radius 2 is 1.10 bits per heavy atom. The second kappa shape index (κ2) is 6.85. The molecule has 0 unspecified atom stereocenters. The van der Waals surface area contributed by atoms with Crippen molar-refractivity contribution in [3.05, 3.63) is 102 Å². The molecule has 5 rings (SSSR count). The maximum atomic E-state index is 5.79. The third-order valence-electron chi connectivity index (χ3n) is 5.93. The van der Waals surface area contributed by atoms with E-state index in [0.717, 1.165) is 5.75 Å². The quantitative estimate of drug-likeness (QED) is 0.382. The van der Waals surface area contributed by atoms with Crippen molar-refractivity contribution in [1.82, 2.24) is 9.13 Å². The molecule has 0 N–H and O–H groups in total. The minimum atomic E-state index is 0.0725. The molecular formula is C26H24N2O. The molecule has 0 saturated carbocycles. The molecule has 0 bridgehead atoms. The van der Waals surface area contributed by atoms with Gasteiger partial charge in [0.15, 0.2) is 0 Å². The van der Waals surface area contributed by atoms with E-state index in [1.807, 2.05) is 6.07 Å². The summed E-state index contributed by atoms with van der Waals surface area (Å²) < 4.78 is 10.2. The van der Waals surface area contributed by atoms with Crippen LogP contribution in [0.2, 0.25) is 0 Å². The smallest absolute Gasteiger partial charge is 0.123 e. The highest BCUT2D eigenvalue weighted by atomic mass is 16.5. The molecule has 0 radical (unpaired) electrons. The Hall–Kier alpha value is -3.46. The van der Waals surface area contributed by atoms with Gasteiger partial charge in [-0.25, -0.2) is 0 Å². The summed E-state index contributed by atoms with van der Waals surface area (Å²) in [5.74, 6) is 0.988. The molecule has 2 aromatic heterocycles. The van der Waals surface area contributed by atoms with Gasteiger partial charge in [-0.2, -0.15) is 0 Å². The van der Waals surface area contributed by atoms with Crippen LogP contribution in [-0.4, -0.2) is 16.2 Å². The monoisotopic (exact) mass is 380 g/mol. The van der Waals surface area contributed by atoms with E-state index in [9.17, 15) is 0 Å². The molecule has 0 amide bonds. The van der Waals surface area contributed by atoms with Crippen LogP contribution in [0.4, 0.5) is 0 Å². The van der Waals surface area contributed by atoms with E-state index in [1.165, 1.54) is 38.5 Å². The first-order chi connectivity index (χ1) is 14.2. The van der Waals surface area contributed by atoms with E-state index in [0.29, 0.717) is 0 Å². The third-order valence-corrected chi connectivity index (χ3v) is 5.93. The Labute approximate surface area is 170 Å². The molecule has 0 spiro atoms. The number of methoxy groups -OCH3 is 1. The number of aromatic nitrogens is 2. The summed E-state index contributed by atoms with van der Waals surface area (Å²) >= 11 is 0. The first-order valence-corrected chi connectivity index (χ1v) is 9.90. The summed E-state index contributed by atoms with van der Waals surface area (Å²) in [6.07, 6.45) is 4.53. The van der Waals surface area contributed by atoms with E-state index in [2.05, 4.69) is 102 Å². The number of nitrogens with zero attached hydrogens (tertiary/aromatic N) is 2. The summed E-state index contributed by atoms with van der Waals surface area (Å²) in [6, 6.07) is 25.6. The Morgan fingerprint density at radius 3 is 1.66 bits per heavy atom. The van der Waals surface area contributed by atoms with Crippen LogP contribution in [-0.2, 0) is 14.1 Å². The van der Waals surface area contributed by atoms with E-state index in [-0.39, 0.29) is 5.92 Å². The van der Waals surface area contributed by atoms with Gasteiger partial charge in [0.1, 0.15) is 5.75 Å². The fraction of sp³-hybridized carbons (Fsp3) is 0.154. The molecule has 0 saturated heterocycles. The van der Waals surface area contributed by atoms with Gasteiger partial charge in [0.25, 0.3) is 0 Å². The standard InChI is InChI=1S/C26H24N2O/c1-27-16-21(18-10-4-7-13-23(18)27)26(20-12-6-9-15-25(20)29-3)22-17-28(2)24-14-8-5-11-19(22)24/h4-17,26H,1-3H3. The van der Waals surface area contributed by atoms with Crippen LogP contribution in [0.5, 0.6) is 5.75 Å². The van der Waals surface area contributed by atoms with Gasteiger partial charge in [-0.15, -0.1) is 0 Å². The van der Waals surface area contributed by atoms with Gasteiger partial charge in [0.05, 0.1) is 7.11 Å². The maximum absolute atomic E-state index is 5.79. The molecule has 2 heterocycles. The molecule has 0 aliphatic rings. The highest BCUT2D eigenvalue weighted by Crippen LogP contribution is 2.43. The van der Waals surface area contributed by atoms with E-state index in [1.54, 1.807) is 7.11 Å². The van der Waals surface area contributed by atoms with Crippen molar-refractivity contribution in [1.29, 1.82) is 0 Å². The number of benzene rings is 3. The van der Waals surface area contributed by atoms with Crippen LogP contribution in [0.15, 0.2) is 85.2 Å². The second-order valence-corrected chi connectivity index (χ2v) is 7.60. The number of para-hydroxylation sites is 3. The van der Waals surface area contributed by atoms with Crippen molar-refractivity contribution in [3.63, 3.8) is 0 Å². The van der Waals surface area contributed by atoms with Crippen LogP contribution in [0, 0.1) is 0 Å². The molecule has 0 aliphatic carbocycles. The Kier molecular flexibility index (Phi) is 4.17. The summed E-state index contributed by atoms with van der Waals surface area (Å²) in [5, 5.41) is 2.55. The average Bonchev–Trinajstić information content (AvgIpc) is 3.27. The van der Waals surface area contributed by atoms with Gasteiger partial charge < -0.3 is 13.9 Å². The van der Waals surface area contributed by atoms with Gasteiger partial charge in [0.2, 0.25) is 0 Å². The zero-order valence-electron chi connectivity index (χ0n) is 17.0. The third kappa shape index (κ3) is 2.73.